The SMILES string of the molecule is CNC(Cc1ccc(Cl)cc1Cl)c1ncccc1Br. The van der Waals surface area contributed by atoms with Gasteiger partial charge in [0.2, 0.25) is 0 Å². The van der Waals surface area contributed by atoms with Gasteiger partial charge in [-0.3, -0.25) is 4.98 Å². The zero-order valence-electron chi connectivity index (χ0n) is 10.3. The fourth-order valence-electron chi connectivity index (χ4n) is 1.90. The molecule has 19 heavy (non-hydrogen) atoms. The van der Waals surface area contributed by atoms with Gasteiger partial charge in [-0.15, -0.1) is 0 Å². The van der Waals surface area contributed by atoms with E-state index in [4.69, 9.17) is 23.2 Å². The summed E-state index contributed by atoms with van der Waals surface area (Å²) in [5, 5.41) is 4.59. The number of hydrogen-bond acceptors (Lipinski definition) is 2. The molecular weight excluding hydrogens is 347 g/mol. The van der Waals surface area contributed by atoms with Crippen LogP contribution >= 0.6 is 39.1 Å². The second-order valence-corrected chi connectivity index (χ2v) is 5.85. The molecule has 2 rings (SSSR count). The number of hydrogen-bond donors (Lipinski definition) is 1. The van der Waals surface area contributed by atoms with E-state index in [9.17, 15) is 0 Å². The molecule has 0 aliphatic carbocycles. The van der Waals surface area contributed by atoms with E-state index in [2.05, 4.69) is 26.2 Å². The van der Waals surface area contributed by atoms with Crippen LogP contribution in [0.1, 0.15) is 17.3 Å². The minimum Gasteiger partial charge on any atom is -0.311 e. The van der Waals surface area contributed by atoms with Crippen molar-refractivity contribution in [2.45, 2.75) is 12.5 Å². The summed E-state index contributed by atoms with van der Waals surface area (Å²) in [6.07, 6.45) is 2.54. The van der Waals surface area contributed by atoms with Crippen LogP contribution < -0.4 is 5.32 Å². The molecule has 0 fully saturated rings. The van der Waals surface area contributed by atoms with Crippen LogP contribution in [0.5, 0.6) is 0 Å². The molecule has 1 N–H and O–H groups in total. The number of pyridine rings is 1. The highest BCUT2D eigenvalue weighted by atomic mass is 79.9. The topological polar surface area (TPSA) is 24.9 Å². The van der Waals surface area contributed by atoms with Crippen molar-refractivity contribution in [2.75, 3.05) is 7.05 Å². The zero-order valence-corrected chi connectivity index (χ0v) is 13.4. The Balaban J connectivity index is 2.27. The third-order valence-corrected chi connectivity index (χ3v) is 4.16. The molecule has 0 saturated heterocycles. The highest BCUT2D eigenvalue weighted by Gasteiger charge is 2.16. The Morgan fingerprint density at radius 1 is 1.32 bits per heavy atom. The largest absolute Gasteiger partial charge is 0.311 e. The van der Waals surface area contributed by atoms with Crippen LogP contribution in [0.2, 0.25) is 10.0 Å². The van der Waals surface area contributed by atoms with Crippen molar-refractivity contribution < 1.29 is 0 Å². The van der Waals surface area contributed by atoms with E-state index in [1.165, 1.54) is 0 Å². The minimum atomic E-state index is 0.0919. The van der Waals surface area contributed by atoms with Gasteiger partial charge in [0.1, 0.15) is 0 Å². The number of aromatic nitrogens is 1. The molecule has 5 heteroatoms. The van der Waals surface area contributed by atoms with E-state index in [1.54, 1.807) is 12.3 Å². The van der Waals surface area contributed by atoms with Crippen molar-refractivity contribution in [1.29, 1.82) is 0 Å². The molecule has 0 saturated carbocycles. The second kappa shape index (κ2) is 6.71. The fraction of sp³-hybridized carbons (Fsp3) is 0.214. The first-order valence-corrected chi connectivity index (χ1v) is 7.38. The summed E-state index contributed by atoms with van der Waals surface area (Å²) in [7, 11) is 1.91. The standard InChI is InChI=1S/C14H13BrCl2N2/c1-18-13(14-11(15)3-2-6-19-14)7-9-4-5-10(16)8-12(9)17/h2-6,8,13,18H,7H2,1H3. The van der Waals surface area contributed by atoms with E-state index in [1.807, 2.05) is 31.3 Å². The van der Waals surface area contributed by atoms with Crippen molar-refractivity contribution >= 4 is 39.1 Å². The van der Waals surface area contributed by atoms with Crippen molar-refractivity contribution in [3.63, 3.8) is 0 Å². The maximum Gasteiger partial charge on any atom is 0.0718 e. The van der Waals surface area contributed by atoms with Gasteiger partial charge in [0.25, 0.3) is 0 Å². The van der Waals surface area contributed by atoms with Crippen LogP contribution in [-0.4, -0.2) is 12.0 Å². The molecule has 0 aliphatic rings. The Morgan fingerprint density at radius 3 is 2.74 bits per heavy atom. The summed E-state index contributed by atoms with van der Waals surface area (Å²) in [6, 6.07) is 9.54. The Morgan fingerprint density at radius 2 is 2.11 bits per heavy atom. The molecule has 1 atom stereocenters. The van der Waals surface area contributed by atoms with Gasteiger partial charge >= 0.3 is 0 Å². The van der Waals surface area contributed by atoms with Crippen LogP contribution in [0.3, 0.4) is 0 Å². The summed E-state index contributed by atoms with van der Waals surface area (Å²) in [6.45, 7) is 0. The van der Waals surface area contributed by atoms with Crippen LogP contribution in [0.4, 0.5) is 0 Å². The molecule has 0 spiro atoms. The Labute approximate surface area is 131 Å². The summed E-state index contributed by atoms with van der Waals surface area (Å²) >= 11 is 15.6. The highest BCUT2D eigenvalue weighted by molar-refractivity contribution is 9.10. The Kier molecular flexibility index (Phi) is 5.22. The first-order chi connectivity index (χ1) is 9.11. The molecule has 0 aliphatic heterocycles. The molecular formula is C14H13BrCl2N2. The van der Waals surface area contributed by atoms with Gasteiger partial charge in [0.15, 0.2) is 0 Å². The predicted molar refractivity (Wildman–Crippen MR) is 83.9 cm³/mol. The molecule has 0 radical (unpaired) electrons. The monoisotopic (exact) mass is 358 g/mol. The van der Waals surface area contributed by atoms with Gasteiger partial charge in [-0.1, -0.05) is 29.3 Å². The van der Waals surface area contributed by atoms with Crippen molar-refractivity contribution in [2.24, 2.45) is 0 Å². The van der Waals surface area contributed by atoms with Gasteiger partial charge in [-0.25, -0.2) is 0 Å². The van der Waals surface area contributed by atoms with Crippen LogP contribution in [0.25, 0.3) is 0 Å². The third-order valence-electron chi connectivity index (χ3n) is 2.90. The fourth-order valence-corrected chi connectivity index (χ4v) is 2.91. The van der Waals surface area contributed by atoms with Crippen LogP contribution in [0.15, 0.2) is 41.0 Å². The molecule has 1 unspecified atom stereocenters. The summed E-state index contributed by atoms with van der Waals surface area (Å²) in [5.41, 5.74) is 2.01. The number of halogens is 3. The first-order valence-electron chi connectivity index (χ1n) is 5.83. The normalized spacial score (nSPS) is 12.4. The van der Waals surface area contributed by atoms with Gasteiger partial charge in [-0.2, -0.15) is 0 Å². The molecule has 2 aromatic rings. The zero-order chi connectivity index (χ0) is 13.8. The number of rotatable bonds is 4. The third kappa shape index (κ3) is 3.69. The van der Waals surface area contributed by atoms with Gasteiger partial charge in [-0.05, 0) is 59.2 Å². The van der Waals surface area contributed by atoms with Crippen LogP contribution in [-0.2, 0) is 6.42 Å². The molecule has 0 amide bonds. The van der Waals surface area contributed by atoms with E-state index in [0.717, 1.165) is 22.2 Å². The van der Waals surface area contributed by atoms with E-state index in [-0.39, 0.29) is 6.04 Å². The number of nitrogens with one attached hydrogen (secondary N) is 1. The maximum absolute atomic E-state index is 6.21. The molecule has 100 valence electrons. The maximum atomic E-state index is 6.21. The van der Waals surface area contributed by atoms with Crippen molar-refractivity contribution in [3.05, 3.63) is 62.3 Å². The number of likely N-dealkylation sites (N-methyl/N-ethyl adjacent to an activating group) is 1. The van der Waals surface area contributed by atoms with Gasteiger partial charge in [0, 0.05) is 20.7 Å². The molecule has 1 aromatic carbocycles. The number of benzene rings is 1. The van der Waals surface area contributed by atoms with Gasteiger partial charge < -0.3 is 5.32 Å². The first kappa shape index (κ1) is 14.8. The highest BCUT2D eigenvalue weighted by Crippen LogP contribution is 2.28. The lowest BCUT2D eigenvalue weighted by Crippen LogP contribution is -2.20. The van der Waals surface area contributed by atoms with Gasteiger partial charge in [0.05, 0.1) is 11.7 Å². The summed E-state index contributed by atoms with van der Waals surface area (Å²) in [4.78, 5) is 4.41. The Hall–Kier alpha value is -0.610. The van der Waals surface area contributed by atoms with Crippen molar-refractivity contribution in [1.82, 2.24) is 10.3 Å². The minimum absolute atomic E-state index is 0.0919. The lowest BCUT2D eigenvalue weighted by molar-refractivity contribution is 0.573. The molecule has 0 bridgehead atoms. The lowest BCUT2D eigenvalue weighted by Gasteiger charge is -2.17. The number of nitrogens with zero attached hydrogens (tertiary/aromatic N) is 1. The predicted octanol–water partition coefficient (Wildman–Crippen LogP) is 4.65. The summed E-state index contributed by atoms with van der Waals surface area (Å²) in [5.74, 6) is 0. The Bertz CT molecular complexity index is 575. The molecule has 1 aromatic heterocycles. The molecule has 1 heterocycles. The average Bonchev–Trinajstić information content (AvgIpc) is 2.39. The smallest absolute Gasteiger partial charge is 0.0718 e. The van der Waals surface area contributed by atoms with E-state index < -0.39 is 0 Å². The quantitative estimate of drug-likeness (QED) is 0.859. The summed E-state index contributed by atoms with van der Waals surface area (Å²) < 4.78 is 0.986. The van der Waals surface area contributed by atoms with Crippen LogP contribution in [0, 0.1) is 0 Å². The lowest BCUT2D eigenvalue weighted by atomic mass is 10.0. The average molecular weight is 360 g/mol. The van der Waals surface area contributed by atoms with E-state index >= 15 is 0 Å². The van der Waals surface area contributed by atoms with Crippen molar-refractivity contribution in [3.8, 4) is 0 Å². The molecule has 2 nitrogen and oxygen atoms in total. The van der Waals surface area contributed by atoms with E-state index in [0.29, 0.717) is 10.0 Å². The second-order valence-electron chi connectivity index (χ2n) is 4.15.